The fourth-order valence-corrected chi connectivity index (χ4v) is 4.84. The molecule has 8 nitrogen and oxygen atoms in total. The zero-order valence-electron chi connectivity index (χ0n) is 12.3. The number of hydrogen-bond donors (Lipinski definition) is 4. The van der Waals surface area contributed by atoms with E-state index >= 15 is 0 Å². The van der Waals surface area contributed by atoms with E-state index in [1.54, 1.807) is 16.7 Å². The van der Waals surface area contributed by atoms with Gasteiger partial charge < -0.3 is 25.6 Å². The van der Waals surface area contributed by atoms with Gasteiger partial charge in [0, 0.05) is 11.8 Å². The van der Waals surface area contributed by atoms with Gasteiger partial charge in [0.1, 0.15) is 11.1 Å². The molecule has 2 saturated carbocycles. The second kappa shape index (κ2) is 4.17. The molecule has 2 heterocycles. The topological polar surface area (TPSA) is 130 Å². The third kappa shape index (κ3) is 1.36. The van der Waals surface area contributed by atoms with Crippen LogP contribution < -0.4 is 5.73 Å². The molecule has 5 rings (SSSR count). The number of nitrogens with two attached hydrogens (primary N) is 1. The number of aliphatic hydroxyl groups excluding tert-OH is 2. The molecule has 0 radical (unpaired) electrons. The van der Waals surface area contributed by atoms with Gasteiger partial charge in [-0.25, -0.2) is 4.98 Å². The van der Waals surface area contributed by atoms with E-state index in [0.717, 1.165) is 0 Å². The van der Waals surface area contributed by atoms with E-state index in [2.05, 4.69) is 20.7 Å². The smallest absolute Gasteiger partial charge is 0.226 e. The zero-order chi connectivity index (χ0) is 16.9. The molecule has 3 aliphatic rings. The Morgan fingerprint density at radius 1 is 1.42 bits per heavy atom. The Kier molecular flexibility index (Phi) is 2.50. The van der Waals surface area contributed by atoms with Crippen LogP contribution in [0.25, 0.3) is 11.2 Å². The van der Waals surface area contributed by atoms with Crippen LogP contribution >= 0.6 is 11.6 Å². The first-order valence-corrected chi connectivity index (χ1v) is 7.93. The van der Waals surface area contributed by atoms with Crippen molar-refractivity contribution in [1.82, 2.24) is 19.5 Å². The van der Waals surface area contributed by atoms with Crippen LogP contribution in [-0.2, 0) is 0 Å². The van der Waals surface area contributed by atoms with Crippen molar-refractivity contribution in [2.75, 3.05) is 12.3 Å². The van der Waals surface area contributed by atoms with Crippen LogP contribution in [0.5, 0.6) is 0 Å². The fraction of sp³-hybridized carbons (Fsp3) is 0.467. The number of hydrogen-bond acceptors (Lipinski definition) is 7. The van der Waals surface area contributed by atoms with E-state index in [-0.39, 0.29) is 29.5 Å². The third-order valence-corrected chi connectivity index (χ3v) is 5.98. The van der Waals surface area contributed by atoms with Gasteiger partial charge in [-0.05, 0) is 23.8 Å². The molecular weight excluding hydrogens is 334 g/mol. The molecule has 0 spiro atoms. The van der Waals surface area contributed by atoms with Crippen LogP contribution in [0.1, 0.15) is 6.04 Å². The number of halogens is 1. The van der Waals surface area contributed by atoms with Crippen LogP contribution in [0, 0.1) is 17.3 Å². The van der Waals surface area contributed by atoms with Gasteiger partial charge in [-0.2, -0.15) is 9.97 Å². The molecule has 0 bridgehead atoms. The minimum Gasteiger partial charge on any atom is -0.395 e. The van der Waals surface area contributed by atoms with Crippen molar-refractivity contribution in [2.24, 2.45) is 17.3 Å². The van der Waals surface area contributed by atoms with Crippen LogP contribution in [0.3, 0.4) is 0 Å². The molecule has 124 valence electrons. The largest absolute Gasteiger partial charge is 0.395 e. The molecule has 6 atom stereocenters. The number of nitrogens with zero attached hydrogens (tertiary/aromatic N) is 4. The van der Waals surface area contributed by atoms with Crippen molar-refractivity contribution < 1.29 is 15.3 Å². The quantitative estimate of drug-likeness (QED) is 0.432. The van der Waals surface area contributed by atoms with Crippen molar-refractivity contribution in [3.8, 4) is 0 Å². The zero-order valence-corrected chi connectivity index (χ0v) is 13.1. The lowest BCUT2D eigenvalue weighted by atomic mass is 9.75. The van der Waals surface area contributed by atoms with Gasteiger partial charge in [0.15, 0.2) is 11.5 Å². The summed E-state index contributed by atoms with van der Waals surface area (Å²) in [5.41, 5.74) is 7.35. The average Bonchev–Trinajstić information content (AvgIpc) is 2.91. The number of imidazole rings is 1. The number of aliphatic hydroxyl groups is 3. The highest BCUT2D eigenvalue weighted by molar-refractivity contribution is 6.28. The van der Waals surface area contributed by atoms with E-state index in [4.69, 9.17) is 17.3 Å². The fourth-order valence-electron chi connectivity index (χ4n) is 4.67. The predicted octanol–water partition coefficient (Wildman–Crippen LogP) is -0.342. The Balaban J connectivity index is 1.64. The summed E-state index contributed by atoms with van der Waals surface area (Å²) in [6, 6.07) is -0.433. The molecule has 0 aromatic carbocycles. The Morgan fingerprint density at radius 3 is 2.96 bits per heavy atom. The standard InChI is InChI=1S/C15H14ClN5O3/c16-13-19-10(17)8-11(20-13)21(5-18-8)9-7-6-2-1-3-14(6,4-22)12(23)15(7,9)24/h2-3,5-7,9,12,22-24H,4H2,(H2,17,19,20)/t6-,7+,9?,12-,14+,15-/m1/s1. The molecular formula is C15H14ClN5O3. The van der Waals surface area contributed by atoms with Crippen molar-refractivity contribution in [1.29, 1.82) is 0 Å². The number of nitrogen functional groups attached to an aromatic ring is 1. The summed E-state index contributed by atoms with van der Waals surface area (Å²) in [5, 5.41) is 31.6. The molecule has 24 heavy (non-hydrogen) atoms. The maximum atomic E-state index is 11.1. The molecule has 3 aliphatic carbocycles. The summed E-state index contributed by atoms with van der Waals surface area (Å²) < 4.78 is 1.68. The third-order valence-electron chi connectivity index (χ3n) is 5.82. The predicted molar refractivity (Wildman–Crippen MR) is 83.9 cm³/mol. The Hall–Kier alpha value is -1.96. The first-order chi connectivity index (χ1) is 11.4. The molecule has 0 amide bonds. The average molecular weight is 348 g/mol. The highest BCUT2D eigenvalue weighted by Crippen LogP contribution is 2.73. The first-order valence-electron chi connectivity index (χ1n) is 7.55. The van der Waals surface area contributed by atoms with Gasteiger partial charge in [-0.1, -0.05) is 0 Å². The molecule has 0 saturated heterocycles. The summed E-state index contributed by atoms with van der Waals surface area (Å²) in [5.74, 6) is -0.327. The summed E-state index contributed by atoms with van der Waals surface area (Å²) in [7, 11) is 0. The van der Waals surface area contributed by atoms with Crippen molar-refractivity contribution in [3.05, 3.63) is 29.5 Å². The number of rotatable bonds is 2. The van der Waals surface area contributed by atoms with E-state index in [0.29, 0.717) is 11.2 Å². The van der Waals surface area contributed by atoms with Crippen LogP contribution in [-0.4, -0.2) is 53.2 Å². The monoisotopic (exact) mass is 347 g/mol. The second-order valence-electron chi connectivity index (χ2n) is 6.74. The van der Waals surface area contributed by atoms with Gasteiger partial charge in [-0.15, -0.1) is 5.73 Å². The Bertz CT molecular complexity index is 954. The molecule has 2 aromatic rings. The molecule has 2 fully saturated rings. The van der Waals surface area contributed by atoms with Crippen molar-refractivity contribution >= 4 is 28.6 Å². The van der Waals surface area contributed by atoms with Crippen LogP contribution in [0.4, 0.5) is 5.82 Å². The molecule has 1 unspecified atom stereocenters. The molecule has 5 N–H and O–H groups in total. The van der Waals surface area contributed by atoms with Crippen LogP contribution in [0.2, 0.25) is 5.28 Å². The Morgan fingerprint density at radius 2 is 2.21 bits per heavy atom. The molecule has 9 heteroatoms. The van der Waals surface area contributed by atoms with E-state index < -0.39 is 23.2 Å². The van der Waals surface area contributed by atoms with Gasteiger partial charge >= 0.3 is 0 Å². The number of fused-ring (bicyclic) bond motifs is 4. The maximum absolute atomic E-state index is 11.1. The second-order valence-corrected chi connectivity index (χ2v) is 7.07. The van der Waals surface area contributed by atoms with E-state index in [9.17, 15) is 15.3 Å². The number of anilines is 1. The maximum Gasteiger partial charge on any atom is 0.226 e. The lowest BCUT2D eigenvalue weighted by Gasteiger charge is -2.34. The van der Waals surface area contributed by atoms with E-state index in [1.165, 1.54) is 6.33 Å². The lowest BCUT2D eigenvalue weighted by molar-refractivity contribution is -0.0675. The minimum atomic E-state index is -1.37. The summed E-state index contributed by atoms with van der Waals surface area (Å²) in [4.78, 5) is 12.2. The summed E-state index contributed by atoms with van der Waals surface area (Å²) in [6.45, 7) is -0.251. The van der Waals surface area contributed by atoms with Gasteiger partial charge in [0.25, 0.3) is 0 Å². The van der Waals surface area contributed by atoms with Gasteiger partial charge in [0.05, 0.1) is 30.5 Å². The summed E-state index contributed by atoms with van der Waals surface area (Å²) >= 11 is 5.89. The van der Waals surface area contributed by atoms with Crippen molar-refractivity contribution in [2.45, 2.75) is 17.7 Å². The lowest BCUT2D eigenvalue weighted by Crippen LogP contribution is -2.45. The van der Waals surface area contributed by atoms with Crippen LogP contribution in [0.15, 0.2) is 24.2 Å². The highest BCUT2D eigenvalue weighted by Gasteiger charge is 2.82. The summed E-state index contributed by atoms with van der Waals surface area (Å²) in [6.07, 6.45) is 3.87. The molecule has 2 aromatic heterocycles. The minimum absolute atomic E-state index is 0.00719. The van der Waals surface area contributed by atoms with E-state index in [1.807, 2.05) is 0 Å². The van der Waals surface area contributed by atoms with Gasteiger partial charge in [0.2, 0.25) is 5.28 Å². The Labute approximate surface area is 140 Å². The molecule has 0 aliphatic heterocycles. The van der Waals surface area contributed by atoms with Gasteiger partial charge in [-0.3, -0.25) is 0 Å². The SMILES string of the molecule is Nc1nc(Cl)nc2c1ncn2C1[C@@H]2[C@H]3C=C=C[C@@]3(CO)[C@@H](O)[C@]12O. The highest BCUT2D eigenvalue weighted by atomic mass is 35.5. The first kappa shape index (κ1) is 14.4. The number of aromatic nitrogens is 4. The van der Waals surface area contributed by atoms with Crippen molar-refractivity contribution in [3.63, 3.8) is 0 Å². The normalized spacial score (nSPS) is 41.8.